The number of aliphatic hydroxyl groups is 1. The van der Waals surface area contributed by atoms with Crippen molar-refractivity contribution in [3.63, 3.8) is 0 Å². The van der Waals surface area contributed by atoms with E-state index < -0.39 is 85.7 Å². The molecule has 1 heterocycles. The first-order valence-corrected chi connectivity index (χ1v) is 36.9. The molecule has 2 aromatic carbocycles. The van der Waals surface area contributed by atoms with E-state index in [4.69, 9.17) is 29.4 Å². The normalized spacial score (nSPS) is 14.5. The van der Waals surface area contributed by atoms with Crippen LogP contribution in [0.15, 0.2) is 36.4 Å². The highest BCUT2D eigenvalue weighted by molar-refractivity contribution is 5.96. The van der Waals surface area contributed by atoms with Gasteiger partial charge in [0, 0.05) is 25.2 Å². The van der Waals surface area contributed by atoms with Gasteiger partial charge < -0.3 is 71.7 Å². The molecule has 1 saturated heterocycles. The van der Waals surface area contributed by atoms with E-state index in [9.17, 15) is 83.9 Å². The van der Waals surface area contributed by atoms with E-state index >= 15 is 0 Å². The van der Waals surface area contributed by atoms with Gasteiger partial charge in [0.15, 0.2) is 23.8 Å². The second-order valence-electron chi connectivity index (χ2n) is 27.8. The molecule has 3 rings (SSSR count). The van der Waals surface area contributed by atoms with Crippen molar-refractivity contribution >= 4 is 81.4 Å². The van der Waals surface area contributed by atoms with Crippen LogP contribution >= 0.6 is 0 Å². The zero-order valence-electron chi connectivity index (χ0n) is 64.1. The number of ether oxygens (including phenoxy) is 5. The summed E-state index contributed by atoms with van der Waals surface area (Å²) in [4.78, 5) is 140. The van der Waals surface area contributed by atoms with E-state index in [0.717, 1.165) is 76.3 Å². The standard InChI is InChI=1S/C36H60N6O11.C24H42N2O7.C12H18N4O4.CH4/c1-24(2)21-29(37-6)35(46)52-19-13-9-10-14-20-53-36(47)30(22-25(3)4)40-34(45)32(33(44)26(5)43)39-18-12-8-7-11-17-38-28-16-15-27(41(48)49)23-31(28)42(50)51;1-15(2)13-18(25-6)23(29)31-11-9-7-8-10-12-32-24(30)19(14-16(3)4)26-22(28)21-20(33-21)17(5)27;13-7-3-1-2-4-8-14-11-6-5-10(15(17)18)9-12(11)16(19)20;/h15-16,23-25,29-30,32-33,37-39,44H,7-14,17-22H2,1-6H3,(H,40,45);15-16,18-21,25H,7-14H2,1-6H3,(H,26,28);5-6,9,14H,1-4,7-8,13H2;1H4/t;18?,19?,20-,21+;;/m.1../s1. The van der Waals surface area contributed by atoms with Gasteiger partial charge in [-0.1, -0.05) is 88.5 Å². The number of rotatable bonds is 55. The van der Waals surface area contributed by atoms with Crippen molar-refractivity contribution in [3.05, 3.63) is 76.9 Å². The largest absolute Gasteiger partial charge is 0.465 e. The second kappa shape index (κ2) is 55.9. The molecule has 6 unspecified atom stereocenters. The first-order chi connectivity index (χ1) is 50.2. The van der Waals surface area contributed by atoms with Gasteiger partial charge in [-0.3, -0.25) is 69.2 Å². The zero-order chi connectivity index (χ0) is 79.8. The minimum Gasteiger partial charge on any atom is -0.465 e. The minimum atomic E-state index is -1.63. The lowest BCUT2D eigenvalue weighted by molar-refractivity contribution is -0.393. The van der Waals surface area contributed by atoms with Crippen LogP contribution < -0.4 is 43.0 Å². The predicted molar refractivity (Wildman–Crippen MR) is 405 cm³/mol. The Morgan fingerprint density at radius 1 is 0.477 bits per heavy atom. The van der Waals surface area contributed by atoms with Crippen LogP contribution in [0.25, 0.3) is 0 Å². The topological polar surface area (TPSA) is 489 Å². The summed E-state index contributed by atoms with van der Waals surface area (Å²) in [5, 5.41) is 74.4. The molecule has 0 bridgehead atoms. The molecule has 0 saturated carbocycles. The molecule has 1 aliphatic rings. The van der Waals surface area contributed by atoms with Crippen LogP contribution in [0.3, 0.4) is 0 Å². The molecular weight excluding hydrogens is 1400 g/mol. The summed E-state index contributed by atoms with van der Waals surface area (Å²) in [5.74, 6) is -2.55. The summed E-state index contributed by atoms with van der Waals surface area (Å²) in [7, 11) is 3.50. The van der Waals surface area contributed by atoms with Crippen molar-refractivity contribution in [3.8, 4) is 0 Å². The fraction of sp³-hybridized carbons (Fsp3) is 0.726. The summed E-state index contributed by atoms with van der Waals surface area (Å²) in [5.41, 5.74) is 4.55. The maximum absolute atomic E-state index is 13.3. The number of nitro groups is 4. The summed E-state index contributed by atoms with van der Waals surface area (Å²) in [6.07, 6.45) is 11.5. The molecular formula is C73H124N12O22. The van der Waals surface area contributed by atoms with Crippen molar-refractivity contribution in [2.45, 2.75) is 254 Å². The van der Waals surface area contributed by atoms with Gasteiger partial charge in [0.1, 0.15) is 47.7 Å². The summed E-state index contributed by atoms with van der Waals surface area (Å²) in [6.45, 7) is 21.5. The minimum absolute atomic E-state index is 0. The van der Waals surface area contributed by atoms with E-state index in [1.165, 1.54) is 38.1 Å². The number of nitrogens with zero attached hydrogens (tertiary/aromatic N) is 4. The summed E-state index contributed by atoms with van der Waals surface area (Å²) < 4.78 is 26.6. The number of anilines is 2. The number of nitrogens with two attached hydrogens (primary N) is 1. The number of hydrogen-bond acceptors (Lipinski definition) is 28. The van der Waals surface area contributed by atoms with Crippen LogP contribution in [0.5, 0.6) is 0 Å². The van der Waals surface area contributed by atoms with Crippen molar-refractivity contribution in [2.24, 2.45) is 29.4 Å². The molecule has 608 valence electrons. The van der Waals surface area contributed by atoms with Gasteiger partial charge in [-0.2, -0.15) is 0 Å². The monoisotopic (exact) mass is 1520 g/mol. The Hall–Kier alpha value is -8.44. The summed E-state index contributed by atoms with van der Waals surface area (Å²) >= 11 is 0. The number of nitro benzene ring substituents is 4. The van der Waals surface area contributed by atoms with Gasteiger partial charge in [-0.05, 0) is 180 Å². The Morgan fingerprint density at radius 3 is 1.13 bits per heavy atom. The van der Waals surface area contributed by atoms with Crippen LogP contribution in [-0.4, -0.2) is 187 Å². The van der Waals surface area contributed by atoms with Crippen LogP contribution in [0.1, 0.15) is 205 Å². The van der Waals surface area contributed by atoms with Crippen molar-refractivity contribution in [1.82, 2.24) is 26.6 Å². The molecule has 1 aliphatic heterocycles. The van der Waals surface area contributed by atoms with E-state index in [-0.39, 0.29) is 97.3 Å². The number of carbonyl (C=O) groups excluding carboxylic acids is 8. The molecule has 34 heteroatoms. The molecule has 8 atom stereocenters. The molecule has 0 radical (unpaired) electrons. The molecule has 0 aliphatic carbocycles. The number of nitrogens with one attached hydrogen (secondary N) is 7. The lowest BCUT2D eigenvalue weighted by Crippen LogP contribution is -2.57. The van der Waals surface area contributed by atoms with Crippen LogP contribution in [0.2, 0.25) is 0 Å². The maximum Gasteiger partial charge on any atom is 0.328 e. The highest BCUT2D eigenvalue weighted by atomic mass is 16.6. The highest BCUT2D eigenvalue weighted by Crippen LogP contribution is 2.31. The number of amides is 2. The van der Waals surface area contributed by atoms with Gasteiger partial charge in [0.25, 0.3) is 28.7 Å². The average Bonchev–Trinajstić information content (AvgIpc) is 1.69. The van der Waals surface area contributed by atoms with E-state index in [1.807, 2.05) is 41.5 Å². The lowest BCUT2D eigenvalue weighted by atomic mass is 10.0. The van der Waals surface area contributed by atoms with Crippen molar-refractivity contribution in [2.75, 3.05) is 77.3 Å². The number of epoxide rings is 1. The number of esters is 4. The quantitative estimate of drug-likeness (QED) is 0.00743. The smallest absolute Gasteiger partial charge is 0.328 e. The van der Waals surface area contributed by atoms with Gasteiger partial charge in [-0.25, -0.2) is 9.59 Å². The van der Waals surface area contributed by atoms with Crippen LogP contribution in [0, 0.1) is 64.1 Å². The third kappa shape index (κ3) is 42.6. The fourth-order valence-electron chi connectivity index (χ4n) is 10.7. The molecule has 0 aromatic heterocycles. The Morgan fingerprint density at radius 2 is 0.813 bits per heavy atom. The van der Waals surface area contributed by atoms with Crippen molar-refractivity contribution < 1.29 is 86.8 Å². The lowest BCUT2D eigenvalue weighted by Gasteiger charge is -2.25. The van der Waals surface area contributed by atoms with Gasteiger partial charge in [0.2, 0.25) is 5.91 Å². The summed E-state index contributed by atoms with van der Waals surface area (Å²) in [6, 6.07) is 3.37. The number of non-ortho nitro benzene ring substituents is 2. The number of Topliss-reactive ketones (excluding diaryl/α,β-unsaturated/α-hetero) is 2. The van der Waals surface area contributed by atoms with E-state index in [1.54, 1.807) is 14.1 Å². The molecule has 2 amide bonds. The molecule has 1 fully saturated rings. The number of likely N-dealkylation sites (N-methyl/N-ethyl adjacent to an activating group) is 2. The maximum atomic E-state index is 13.3. The van der Waals surface area contributed by atoms with Crippen LogP contribution in [0.4, 0.5) is 34.1 Å². The number of carbonyl (C=O) groups is 8. The first-order valence-electron chi connectivity index (χ1n) is 36.9. The van der Waals surface area contributed by atoms with Gasteiger partial charge in [0.05, 0.1) is 58.3 Å². The first kappa shape index (κ1) is 98.6. The SMILES string of the molecule is C.CNC(CC(C)C)C(=O)OCCCCCCOC(=O)C(CC(C)C)NC(=O)C(NCCCCCCNc1ccc([N+](=O)[O-])cc1[N+](=O)[O-])C(O)C(C)=O.CNC(CC(C)C)C(=O)OCCCCCCOC(=O)C(CC(C)C)NC(=O)[C@H]1O[C@@H]1C(C)=O.NCCCCCCNc1ccc([N+](=O)[O-])cc1[N+](=O)[O-]. The van der Waals surface area contributed by atoms with Gasteiger partial charge in [-0.15, -0.1) is 0 Å². The fourth-order valence-corrected chi connectivity index (χ4v) is 10.7. The highest BCUT2D eigenvalue weighted by Gasteiger charge is 2.49. The third-order valence-corrected chi connectivity index (χ3v) is 16.5. The Labute approximate surface area is 629 Å². The second-order valence-corrected chi connectivity index (χ2v) is 27.8. The molecule has 107 heavy (non-hydrogen) atoms. The van der Waals surface area contributed by atoms with Gasteiger partial charge >= 0.3 is 23.9 Å². The predicted octanol–water partition coefficient (Wildman–Crippen LogP) is 9.42. The molecule has 2 aromatic rings. The third-order valence-electron chi connectivity index (χ3n) is 16.5. The Kier molecular flexibility index (Phi) is 51.5. The Balaban J connectivity index is 0.00000176. The van der Waals surface area contributed by atoms with E-state index in [2.05, 4.69) is 51.1 Å². The molecule has 0 spiro atoms. The Bertz CT molecular complexity index is 3050. The number of hydrogen-bond donors (Lipinski definition) is 9. The number of benzene rings is 2. The number of ketones is 2. The zero-order valence-corrected chi connectivity index (χ0v) is 64.1. The van der Waals surface area contributed by atoms with Crippen molar-refractivity contribution in [1.29, 1.82) is 0 Å². The number of aliphatic hydroxyl groups excluding tert-OH is 1. The average molecular weight is 1520 g/mol. The number of unbranched alkanes of at least 4 members (excludes halogenated alkanes) is 12. The van der Waals surface area contributed by atoms with Crippen LogP contribution in [-0.2, 0) is 62.0 Å². The van der Waals surface area contributed by atoms with E-state index in [0.29, 0.717) is 115 Å². The molecule has 10 N–H and O–H groups in total. The molecule has 34 nitrogen and oxygen atoms in total.